The fourth-order valence-corrected chi connectivity index (χ4v) is 9.34. The molecule has 8 heteroatoms. The molecule has 0 unspecified atom stereocenters. The molecule has 3 heterocycles. The fourth-order valence-electron chi connectivity index (χ4n) is 6.31. The topological polar surface area (TPSA) is 50.3 Å². The van der Waals surface area contributed by atoms with Crippen molar-refractivity contribution in [1.82, 2.24) is 9.80 Å². The number of benzene rings is 5. The molecular weight excluding hydrogens is 802 g/mol. The van der Waals surface area contributed by atoms with Crippen LogP contribution in [0.15, 0.2) is 140 Å². The molecule has 50 heavy (non-hydrogen) atoms. The van der Waals surface area contributed by atoms with Crippen LogP contribution in [-0.2, 0) is 30.5 Å². The molecule has 0 amide bonds. The molecule has 3 aliphatic heterocycles. The summed E-state index contributed by atoms with van der Waals surface area (Å²) in [6.45, 7) is 0. The third-order valence-corrected chi connectivity index (χ3v) is 12.5. The summed E-state index contributed by atoms with van der Waals surface area (Å²) in [7, 11) is 4.17. The number of carbonyl (C=O) groups is 2. The molecule has 0 saturated carbocycles. The van der Waals surface area contributed by atoms with Crippen LogP contribution in [0, 0.1) is 12.1 Å². The van der Waals surface area contributed by atoms with Crippen LogP contribution in [0.5, 0.6) is 0 Å². The number of fused-ring (bicyclic) bond motifs is 8. The summed E-state index contributed by atoms with van der Waals surface area (Å²) in [6, 6.07) is 44.5. The molecule has 0 fully saturated rings. The number of Topliss-reactive ketones (excluding diaryl/α,β-unsaturated/α-hetero) is 2. The Morgan fingerprint density at radius 1 is 0.520 bits per heavy atom. The predicted octanol–water partition coefficient (Wildman–Crippen LogP) is 7.32. The Morgan fingerprint density at radius 2 is 0.940 bits per heavy atom. The van der Waals surface area contributed by atoms with E-state index in [1.54, 1.807) is 0 Å². The van der Waals surface area contributed by atoms with E-state index in [1.807, 2.05) is 103 Å². The average molecular weight is 835 g/mol. The number of ketones is 2. The van der Waals surface area contributed by atoms with Crippen molar-refractivity contribution in [3.63, 3.8) is 0 Å². The Balaban J connectivity index is 1.36. The molecule has 0 saturated heterocycles. The minimum absolute atomic E-state index is 0.00105. The zero-order valence-electron chi connectivity index (χ0n) is 27.6. The second-order valence-corrected chi connectivity index (χ2v) is 14.8. The number of para-hydroxylation sites is 1. The molecule has 0 N–H and O–H groups in total. The fraction of sp³-hybridized carbons (Fsp3) is 0.0952. The van der Waals surface area contributed by atoms with Gasteiger partial charge in [0.25, 0.3) is 0 Å². The van der Waals surface area contributed by atoms with Crippen LogP contribution in [0.1, 0.15) is 31.8 Å². The van der Waals surface area contributed by atoms with Gasteiger partial charge in [0.05, 0.1) is 0 Å². The van der Waals surface area contributed by atoms with E-state index >= 15 is 0 Å². The van der Waals surface area contributed by atoms with Crippen molar-refractivity contribution in [1.29, 1.82) is 0 Å². The third kappa shape index (κ3) is 5.95. The van der Waals surface area contributed by atoms with Crippen molar-refractivity contribution in [3.05, 3.63) is 174 Å². The van der Waals surface area contributed by atoms with Gasteiger partial charge < -0.3 is 0 Å². The Kier molecular flexibility index (Phi) is 8.43. The number of hydrogen-bond acceptors (Lipinski definition) is 7. The number of hydrogen-bond donors (Lipinski definition) is 0. The van der Waals surface area contributed by atoms with Crippen molar-refractivity contribution in [3.8, 4) is 0 Å². The number of anilines is 5. The van der Waals surface area contributed by atoms with Gasteiger partial charge in [-0.1, -0.05) is 36.4 Å². The molecule has 0 radical (unpaired) electrons. The van der Waals surface area contributed by atoms with Crippen LogP contribution in [0.2, 0.25) is 0 Å². The summed E-state index contributed by atoms with van der Waals surface area (Å²) in [4.78, 5) is 38.6. The van der Waals surface area contributed by atoms with E-state index in [1.165, 1.54) is 8.29 Å². The first-order chi connectivity index (χ1) is 24.4. The maximum absolute atomic E-state index is 13.8. The zero-order valence-corrected chi connectivity index (χ0v) is 29.8. The number of carbonyl (C=O) groups excluding carboxylic acids is 2. The second kappa shape index (κ2) is 13.3. The van der Waals surface area contributed by atoms with Gasteiger partial charge in [-0.05, 0) is 0 Å². The standard InChI is InChI=1S/C42H33N5O2.Pt/c1-43-22-24-45(30-43)36-18-10-20-38(28-36)47(39-21-11-19-37(29-39)46-25-23-44(2)31-46)42-34(26-40(48)32-12-5-3-6-13-32)16-9-17-35(42)27-41(49)33-14-7-4-8-15-33;/h3-25H,26-27H2,1-2H3;/q-2;. The molecule has 5 aromatic carbocycles. The Bertz CT molecular complexity index is 2110. The normalized spacial score (nSPS) is 15.0. The molecule has 8 rings (SSSR count). The van der Waals surface area contributed by atoms with Gasteiger partial charge in [-0.25, -0.2) is 0 Å². The molecule has 7 nitrogen and oxygen atoms in total. The van der Waals surface area contributed by atoms with E-state index in [2.05, 4.69) is 87.7 Å². The van der Waals surface area contributed by atoms with Crippen LogP contribution in [0.25, 0.3) is 0 Å². The summed E-state index contributed by atoms with van der Waals surface area (Å²) < 4.78 is 2.39. The van der Waals surface area contributed by atoms with E-state index in [9.17, 15) is 9.59 Å². The van der Waals surface area contributed by atoms with E-state index < -0.39 is 17.6 Å². The molecule has 0 spiro atoms. The Hall–Kier alpha value is -5.65. The van der Waals surface area contributed by atoms with E-state index in [0.717, 1.165) is 39.6 Å². The molecule has 4 bridgehead atoms. The summed E-state index contributed by atoms with van der Waals surface area (Å²) in [5, 5.41) is 0. The Morgan fingerprint density at radius 3 is 1.40 bits per heavy atom. The van der Waals surface area contributed by atoms with Crippen molar-refractivity contribution < 1.29 is 27.2 Å². The summed E-state index contributed by atoms with van der Waals surface area (Å²) >= 11 is -0.647. The van der Waals surface area contributed by atoms with Crippen molar-refractivity contribution >= 4 is 48.3 Å². The molecule has 3 aliphatic rings. The van der Waals surface area contributed by atoms with Crippen LogP contribution in [-0.4, -0.2) is 43.8 Å². The zero-order chi connectivity index (χ0) is 34.2. The Labute approximate surface area is 300 Å². The SMILES string of the molecule is CN1C=CN2[C]1=[Pt]=[C]1N(C)C=CN1c1[c-]c(ccc1)N(c1c(CC(=O)c3ccccc3)cccc1CC(=O)c1ccccc1)c1[c-]c2ccc1. The molecule has 250 valence electrons. The van der Waals surface area contributed by atoms with Gasteiger partial charge in [-0.2, -0.15) is 0 Å². The van der Waals surface area contributed by atoms with Gasteiger partial charge in [-0.3, -0.25) is 0 Å². The first kappa shape index (κ1) is 31.6. The van der Waals surface area contributed by atoms with Gasteiger partial charge in [-0.15, -0.1) is 0 Å². The van der Waals surface area contributed by atoms with Crippen LogP contribution in [0.3, 0.4) is 0 Å². The van der Waals surface area contributed by atoms with Gasteiger partial charge in [0.2, 0.25) is 0 Å². The van der Waals surface area contributed by atoms with Gasteiger partial charge in [0.1, 0.15) is 0 Å². The van der Waals surface area contributed by atoms with Crippen LogP contribution in [0.4, 0.5) is 28.4 Å². The third-order valence-electron chi connectivity index (χ3n) is 8.78. The molecule has 0 atom stereocenters. The average Bonchev–Trinajstić information content (AvgIpc) is 3.71. The summed E-state index contributed by atoms with van der Waals surface area (Å²) in [6.07, 6.45) is 8.67. The first-order valence-electron chi connectivity index (χ1n) is 16.3. The number of rotatable bonds is 7. The van der Waals surface area contributed by atoms with Crippen LogP contribution < -0.4 is 14.7 Å². The molecule has 0 aliphatic carbocycles. The van der Waals surface area contributed by atoms with E-state index in [0.29, 0.717) is 11.1 Å². The van der Waals surface area contributed by atoms with Gasteiger partial charge in [0, 0.05) is 0 Å². The molecular formula is C42H33N5O2Pt-2. The monoisotopic (exact) mass is 834 g/mol. The van der Waals surface area contributed by atoms with Crippen molar-refractivity contribution in [2.45, 2.75) is 12.8 Å². The first-order valence-corrected chi connectivity index (χ1v) is 18.6. The maximum atomic E-state index is 13.8. The van der Waals surface area contributed by atoms with Crippen LogP contribution >= 0.6 is 0 Å². The molecule has 5 aromatic rings. The molecule has 0 aromatic heterocycles. The van der Waals surface area contributed by atoms with Gasteiger partial charge >= 0.3 is 265 Å². The minimum atomic E-state index is -0.647. The van der Waals surface area contributed by atoms with Gasteiger partial charge in [0.15, 0.2) is 0 Å². The quantitative estimate of drug-likeness (QED) is 0.126. The van der Waals surface area contributed by atoms with E-state index in [-0.39, 0.29) is 24.4 Å². The van der Waals surface area contributed by atoms with Crippen molar-refractivity contribution in [2.24, 2.45) is 0 Å². The van der Waals surface area contributed by atoms with Crippen molar-refractivity contribution in [2.75, 3.05) is 28.8 Å². The predicted molar refractivity (Wildman–Crippen MR) is 197 cm³/mol. The summed E-state index contributed by atoms with van der Waals surface area (Å²) in [5.41, 5.74) is 7.06. The summed E-state index contributed by atoms with van der Waals surface area (Å²) in [5.74, 6) is 0.00210. The van der Waals surface area contributed by atoms with E-state index in [4.69, 9.17) is 0 Å². The number of nitrogens with zero attached hydrogens (tertiary/aromatic N) is 5. The second-order valence-electron chi connectivity index (χ2n) is 12.2.